The van der Waals surface area contributed by atoms with Crippen LogP contribution in [0.25, 0.3) is 0 Å². The molecule has 1 N–H and O–H groups in total. The summed E-state index contributed by atoms with van der Waals surface area (Å²) < 4.78 is 1.79. The average Bonchev–Trinajstić information content (AvgIpc) is 2.78. The van der Waals surface area contributed by atoms with Gasteiger partial charge in [-0.2, -0.15) is 5.10 Å². The first-order chi connectivity index (χ1) is 9.20. The smallest absolute Gasteiger partial charge is 0.190 e. The van der Waals surface area contributed by atoms with E-state index < -0.39 is 0 Å². The Morgan fingerprint density at radius 3 is 2.84 bits per heavy atom. The lowest BCUT2D eigenvalue weighted by atomic mass is 10.1. The molecular weight excluding hydrogens is 256 g/mol. The van der Waals surface area contributed by atoms with E-state index in [1.807, 2.05) is 7.05 Å². The zero-order chi connectivity index (χ0) is 13.7. The minimum atomic E-state index is 0.913. The summed E-state index contributed by atoms with van der Waals surface area (Å²) in [6, 6.07) is 6.55. The van der Waals surface area contributed by atoms with Gasteiger partial charge in [0.15, 0.2) is 5.16 Å². The molecule has 0 bridgehead atoms. The Hall–Kier alpha value is -1.33. The van der Waals surface area contributed by atoms with Gasteiger partial charge in [0, 0.05) is 18.5 Å². The maximum Gasteiger partial charge on any atom is 0.190 e. The maximum absolute atomic E-state index is 4.23. The Labute approximate surface area is 118 Å². The normalized spacial score (nSPS) is 10.9. The van der Waals surface area contributed by atoms with E-state index in [0.717, 1.165) is 18.2 Å². The molecule has 0 amide bonds. The molecule has 0 spiro atoms. The molecule has 0 aliphatic heterocycles. The molecule has 0 unspecified atom stereocenters. The van der Waals surface area contributed by atoms with Crippen LogP contribution in [0.15, 0.2) is 34.6 Å². The van der Waals surface area contributed by atoms with Crippen LogP contribution in [0.4, 0.5) is 0 Å². The van der Waals surface area contributed by atoms with E-state index >= 15 is 0 Å². The van der Waals surface area contributed by atoms with Crippen LogP contribution in [0.1, 0.15) is 24.5 Å². The maximum atomic E-state index is 4.23. The van der Waals surface area contributed by atoms with Crippen LogP contribution in [0.3, 0.4) is 0 Å². The number of nitrogens with one attached hydrogen (secondary N) is 1. The van der Waals surface area contributed by atoms with Crippen LogP contribution in [-0.2, 0) is 13.6 Å². The Morgan fingerprint density at radius 2 is 2.21 bits per heavy atom. The van der Waals surface area contributed by atoms with Gasteiger partial charge in [-0.05, 0) is 43.1 Å². The average molecular weight is 276 g/mol. The number of aryl methyl sites for hydroxylation is 2. The highest BCUT2D eigenvalue weighted by atomic mass is 32.2. The topological polar surface area (TPSA) is 42.7 Å². The molecule has 0 radical (unpaired) electrons. The third-order valence-electron chi connectivity index (χ3n) is 2.94. The van der Waals surface area contributed by atoms with Crippen molar-refractivity contribution < 1.29 is 0 Å². The summed E-state index contributed by atoms with van der Waals surface area (Å²) in [4.78, 5) is 5.43. The van der Waals surface area contributed by atoms with Gasteiger partial charge in [-0.1, -0.05) is 24.8 Å². The molecule has 0 aliphatic carbocycles. The second-order valence-electron chi connectivity index (χ2n) is 4.53. The first-order valence-electron chi connectivity index (χ1n) is 6.52. The highest BCUT2D eigenvalue weighted by Gasteiger charge is 2.05. The minimum Gasteiger partial charge on any atom is -0.313 e. The number of rotatable bonds is 6. The van der Waals surface area contributed by atoms with Crippen molar-refractivity contribution in [3.05, 3.63) is 35.7 Å². The summed E-state index contributed by atoms with van der Waals surface area (Å²) in [5, 5.41) is 8.42. The second kappa shape index (κ2) is 6.73. The predicted octanol–water partition coefficient (Wildman–Crippen LogP) is 2.77. The monoisotopic (exact) mass is 276 g/mol. The molecule has 1 aromatic carbocycles. The van der Waals surface area contributed by atoms with Crippen LogP contribution < -0.4 is 5.32 Å². The summed E-state index contributed by atoms with van der Waals surface area (Å²) in [6.07, 6.45) is 2.75. The van der Waals surface area contributed by atoms with Gasteiger partial charge >= 0.3 is 0 Å². The van der Waals surface area contributed by atoms with E-state index in [1.54, 1.807) is 22.8 Å². The van der Waals surface area contributed by atoms with Crippen molar-refractivity contribution in [3.63, 3.8) is 0 Å². The summed E-state index contributed by atoms with van der Waals surface area (Å²) in [5.41, 5.74) is 2.67. The lowest BCUT2D eigenvalue weighted by Crippen LogP contribution is -2.14. The Bertz CT molecular complexity index is 536. The van der Waals surface area contributed by atoms with Crippen molar-refractivity contribution in [2.45, 2.75) is 36.9 Å². The van der Waals surface area contributed by atoms with Crippen LogP contribution in [-0.4, -0.2) is 21.3 Å². The fourth-order valence-electron chi connectivity index (χ4n) is 1.81. The summed E-state index contributed by atoms with van der Waals surface area (Å²) in [7, 11) is 1.91. The highest BCUT2D eigenvalue weighted by molar-refractivity contribution is 7.99. The Morgan fingerprint density at radius 1 is 1.37 bits per heavy atom. The van der Waals surface area contributed by atoms with Gasteiger partial charge in [0.05, 0.1) is 0 Å². The number of nitrogens with zero attached hydrogens (tertiary/aromatic N) is 3. The van der Waals surface area contributed by atoms with E-state index in [9.17, 15) is 0 Å². The first-order valence-corrected chi connectivity index (χ1v) is 7.34. The van der Waals surface area contributed by atoms with Crippen molar-refractivity contribution in [3.8, 4) is 0 Å². The fraction of sp³-hybridized carbons (Fsp3) is 0.429. The molecule has 0 saturated carbocycles. The standard InChI is InChI=1S/C14H20N4S/c1-4-7-15-9-12-5-6-13(8-11(12)2)19-14-16-10-17-18(14)3/h5-6,8,10,15H,4,7,9H2,1-3H3. The SMILES string of the molecule is CCCNCc1ccc(Sc2ncnn2C)cc1C. The number of aromatic nitrogens is 3. The summed E-state index contributed by atoms with van der Waals surface area (Å²) in [6.45, 7) is 6.34. The fourth-order valence-corrected chi connectivity index (χ4v) is 2.68. The van der Waals surface area contributed by atoms with Gasteiger partial charge < -0.3 is 5.32 Å². The zero-order valence-corrected chi connectivity index (χ0v) is 12.5. The van der Waals surface area contributed by atoms with Crippen LogP contribution in [0.5, 0.6) is 0 Å². The summed E-state index contributed by atoms with van der Waals surface area (Å²) in [5.74, 6) is 0. The number of hydrogen-bond acceptors (Lipinski definition) is 4. The van der Waals surface area contributed by atoms with Gasteiger partial charge in [0.1, 0.15) is 6.33 Å². The van der Waals surface area contributed by atoms with Crippen LogP contribution in [0, 0.1) is 6.92 Å². The lowest BCUT2D eigenvalue weighted by molar-refractivity contribution is 0.673. The van der Waals surface area contributed by atoms with Gasteiger partial charge in [-0.15, -0.1) is 0 Å². The molecule has 2 aromatic rings. The molecule has 0 atom stereocenters. The van der Waals surface area contributed by atoms with E-state index in [4.69, 9.17) is 0 Å². The molecule has 5 heteroatoms. The van der Waals surface area contributed by atoms with E-state index in [-0.39, 0.29) is 0 Å². The first kappa shape index (κ1) is 14.1. The van der Waals surface area contributed by atoms with E-state index in [1.165, 1.54) is 22.4 Å². The van der Waals surface area contributed by atoms with Crippen LogP contribution in [0.2, 0.25) is 0 Å². The van der Waals surface area contributed by atoms with E-state index in [2.05, 4.69) is 47.4 Å². The van der Waals surface area contributed by atoms with Crippen molar-refractivity contribution in [1.29, 1.82) is 0 Å². The molecule has 0 aliphatic rings. The van der Waals surface area contributed by atoms with Gasteiger partial charge in [-0.3, -0.25) is 0 Å². The quantitative estimate of drug-likeness (QED) is 0.824. The van der Waals surface area contributed by atoms with Crippen molar-refractivity contribution in [2.75, 3.05) is 6.54 Å². The largest absolute Gasteiger partial charge is 0.313 e. The molecule has 1 aromatic heterocycles. The van der Waals surface area contributed by atoms with Gasteiger partial charge in [0.25, 0.3) is 0 Å². The summed E-state index contributed by atoms with van der Waals surface area (Å²) >= 11 is 1.64. The zero-order valence-electron chi connectivity index (χ0n) is 11.7. The third kappa shape index (κ3) is 3.81. The van der Waals surface area contributed by atoms with E-state index in [0.29, 0.717) is 0 Å². The molecule has 0 fully saturated rings. The van der Waals surface area contributed by atoms with Crippen LogP contribution >= 0.6 is 11.8 Å². The predicted molar refractivity (Wildman–Crippen MR) is 78.3 cm³/mol. The number of hydrogen-bond donors (Lipinski definition) is 1. The van der Waals surface area contributed by atoms with Crippen molar-refractivity contribution in [1.82, 2.24) is 20.1 Å². The minimum absolute atomic E-state index is 0.913. The van der Waals surface area contributed by atoms with Gasteiger partial charge in [0.2, 0.25) is 0 Å². The molecule has 19 heavy (non-hydrogen) atoms. The molecular formula is C14H20N4S. The van der Waals surface area contributed by atoms with Crippen molar-refractivity contribution >= 4 is 11.8 Å². The second-order valence-corrected chi connectivity index (χ2v) is 5.57. The Kier molecular flexibility index (Phi) is 4.99. The number of benzene rings is 1. The highest BCUT2D eigenvalue weighted by Crippen LogP contribution is 2.26. The molecule has 4 nitrogen and oxygen atoms in total. The van der Waals surface area contributed by atoms with Gasteiger partial charge in [-0.25, -0.2) is 9.67 Å². The molecule has 0 saturated heterocycles. The molecule has 2 rings (SSSR count). The third-order valence-corrected chi connectivity index (χ3v) is 3.98. The lowest BCUT2D eigenvalue weighted by Gasteiger charge is -2.09. The Balaban J connectivity index is 2.04. The van der Waals surface area contributed by atoms with Crippen molar-refractivity contribution in [2.24, 2.45) is 7.05 Å². The molecule has 1 heterocycles. The molecule has 102 valence electrons.